The number of aromatic amines is 1. The van der Waals surface area contributed by atoms with Gasteiger partial charge in [-0.1, -0.05) is 0 Å². The number of anilines is 1. The molecule has 13 heavy (non-hydrogen) atoms. The van der Waals surface area contributed by atoms with E-state index in [1.807, 2.05) is 0 Å². The maximum Gasteiger partial charge on any atom is 0.254 e. The van der Waals surface area contributed by atoms with Crippen molar-refractivity contribution >= 4 is 5.82 Å². The number of H-pyrrole nitrogens is 1. The SMILES string of the molecule is COc1cc(-c2cc(N)n[nH]2)on1. The van der Waals surface area contributed by atoms with Crippen LogP contribution in [0.2, 0.25) is 0 Å². The topological polar surface area (TPSA) is 90.0 Å². The van der Waals surface area contributed by atoms with E-state index in [1.165, 1.54) is 7.11 Å². The van der Waals surface area contributed by atoms with Crippen molar-refractivity contribution in [3.05, 3.63) is 12.1 Å². The molecule has 3 N–H and O–H groups in total. The van der Waals surface area contributed by atoms with E-state index in [1.54, 1.807) is 12.1 Å². The van der Waals surface area contributed by atoms with Gasteiger partial charge in [-0.15, -0.1) is 0 Å². The summed E-state index contributed by atoms with van der Waals surface area (Å²) in [5.41, 5.74) is 6.09. The first kappa shape index (κ1) is 7.66. The van der Waals surface area contributed by atoms with Gasteiger partial charge in [0.15, 0.2) is 5.76 Å². The monoisotopic (exact) mass is 180 g/mol. The highest BCUT2D eigenvalue weighted by Gasteiger charge is 2.08. The Morgan fingerprint density at radius 1 is 1.54 bits per heavy atom. The standard InChI is InChI=1S/C7H8N4O2/c1-12-7-3-5(13-11-7)4-2-6(8)10-9-4/h2-3H,1H3,(H3,8,9,10). The number of nitrogens with one attached hydrogen (secondary N) is 1. The van der Waals surface area contributed by atoms with Gasteiger partial charge in [0.25, 0.3) is 5.88 Å². The molecule has 0 fully saturated rings. The predicted octanol–water partition coefficient (Wildman–Crippen LogP) is 0.656. The second-order valence-electron chi connectivity index (χ2n) is 2.44. The number of methoxy groups -OCH3 is 1. The number of hydrogen-bond donors (Lipinski definition) is 2. The van der Waals surface area contributed by atoms with Crippen molar-refractivity contribution in [1.82, 2.24) is 15.4 Å². The summed E-state index contributed by atoms with van der Waals surface area (Å²) in [7, 11) is 1.52. The Kier molecular flexibility index (Phi) is 1.66. The maximum absolute atomic E-state index is 5.42. The van der Waals surface area contributed by atoms with Crippen LogP contribution in [0.5, 0.6) is 5.88 Å². The normalized spacial score (nSPS) is 10.2. The number of nitrogens with two attached hydrogens (primary N) is 1. The van der Waals surface area contributed by atoms with Crippen LogP contribution < -0.4 is 10.5 Å². The van der Waals surface area contributed by atoms with Gasteiger partial charge in [-0.05, 0) is 5.16 Å². The van der Waals surface area contributed by atoms with Gasteiger partial charge in [0.05, 0.1) is 13.2 Å². The fourth-order valence-electron chi connectivity index (χ4n) is 0.946. The molecule has 0 amide bonds. The number of rotatable bonds is 2. The molecule has 0 aliphatic heterocycles. The molecule has 2 aromatic heterocycles. The Labute approximate surface area is 73.7 Å². The van der Waals surface area contributed by atoms with Gasteiger partial charge in [0, 0.05) is 6.07 Å². The first-order valence-corrected chi connectivity index (χ1v) is 3.61. The average molecular weight is 180 g/mol. The number of hydrogen-bond acceptors (Lipinski definition) is 5. The first-order chi connectivity index (χ1) is 6.29. The van der Waals surface area contributed by atoms with Crippen LogP contribution in [0.3, 0.4) is 0 Å². The zero-order chi connectivity index (χ0) is 9.26. The van der Waals surface area contributed by atoms with Crippen molar-refractivity contribution in [1.29, 1.82) is 0 Å². The van der Waals surface area contributed by atoms with Crippen LogP contribution in [0.15, 0.2) is 16.7 Å². The van der Waals surface area contributed by atoms with Gasteiger partial charge in [-0.2, -0.15) is 5.10 Å². The Morgan fingerprint density at radius 2 is 2.38 bits per heavy atom. The van der Waals surface area contributed by atoms with Crippen molar-refractivity contribution in [3.8, 4) is 17.3 Å². The summed E-state index contributed by atoms with van der Waals surface area (Å²) in [5, 5.41) is 10.1. The average Bonchev–Trinajstić information content (AvgIpc) is 2.71. The van der Waals surface area contributed by atoms with E-state index >= 15 is 0 Å². The van der Waals surface area contributed by atoms with E-state index in [-0.39, 0.29) is 0 Å². The molecule has 0 aliphatic rings. The van der Waals surface area contributed by atoms with Crippen molar-refractivity contribution in [2.24, 2.45) is 0 Å². The van der Waals surface area contributed by atoms with Crippen molar-refractivity contribution in [2.45, 2.75) is 0 Å². The summed E-state index contributed by atoms with van der Waals surface area (Å²) in [6.07, 6.45) is 0. The quantitative estimate of drug-likeness (QED) is 0.708. The maximum atomic E-state index is 5.42. The van der Waals surface area contributed by atoms with Crippen molar-refractivity contribution in [2.75, 3.05) is 12.8 Å². The molecule has 0 atom stereocenters. The van der Waals surface area contributed by atoms with E-state index in [0.29, 0.717) is 23.2 Å². The lowest BCUT2D eigenvalue weighted by molar-refractivity contribution is 0.342. The molecule has 0 saturated heterocycles. The van der Waals surface area contributed by atoms with Gasteiger partial charge in [-0.3, -0.25) is 5.10 Å². The Balaban J connectivity index is 2.35. The lowest BCUT2D eigenvalue weighted by atomic mass is 10.3. The number of nitrogens with zero attached hydrogens (tertiary/aromatic N) is 2. The van der Waals surface area contributed by atoms with E-state index in [0.717, 1.165) is 0 Å². The second kappa shape index (κ2) is 2.81. The molecule has 0 radical (unpaired) electrons. The van der Waals surface area contributed by atoms with Crippen LogP contribution in [-0.4, -0.2) is 22.5 Å². The minimum atomic E-state index is 0.408. The Hall–Kier alpha value is -1.98. The number of nitrogen functional groups attached to an aromatic ring is 1. The molecule has 0 unspecified atom stereocenters. The smallest absolute Gasteiger partial charge is 0.254 e. The van der Waals surface area contributed by atoms with Crippen LogP contribution in [0.25, 0.3) is 11.5 Å². The van der Waals surface area contributed by atoms with Gasteiger partial charge in [0.1, 0.15) is 11.5 Å². The van der Waals surface area contributed by atoms with E-state index in [4.69, 9.17) is 15.0 Å². The molecule has 0 aliphatic carbocycles. The molecule has 68 valence electrons. The highest BCUT2D eigenvalue weighted by Crippen LogP contribution is 2.22. The molecule has 0 aromatic carbocycles. The minimum absolute atomic E-state index is 0.408. The molecule has 0 spiro atoms. The molecule has 0 bridgehead atoms. The lowest BCUT2D eigenvalue weighted by Gasteiger charge is -1.84. The van der Waals surface area contributed by atoms with E-state index in [9.17, 15) is 0 Å². The van der Waals surface area contributed by atoms with Gasteiger partial charge in [0.2, 0.25) is 0 Å². The number of ether oxygens (including phenoxy) is 1. The minimum Gasteiger partial charge on any atom is -0.479 e. The van der Waals surface area contributed by atoms with Gasteiger partial charge < -0.3 is 15.0 Å². The summed E-state index contributed by atoms with van der Waals surface area (Å²) in [6, 6.07) is 3.30. The van der Waals surface area contributed by atoms with Gasteiger partial charge in [-0.25, -0.2) is 0 Å². The Morgan fingerprint density at radius 3 is 2.92 bits per heavy atom. The zero-order valence-corrected chi connectivity index (χ0v) is 6.94. The van der Waals surface area contributed by atoms with Crippen LogP contribution >= 0.6 is 0 Å². The number of aromatic nitrogens is 3. The second-order valence-corrected chi connectivity index (χ2v) is 2.44. The van der Waals surface area contributed by atoms with E-state index in [2.05, 4.69) is 15.4 Å². The van der Waals surface area contributed by atoms with Crippen LogP contribution in [0.4, 0.5) is 5.82 Å². The third kappa shape index (κ3) is 1.33. The summed E-state index contributed by atoms with van der Waals surface area (Å²) in [6.45, 7) is 0. The largest absolute Gasteiger partial charge is 0.479 e. The highest BCUT2D eigenvalue weighted by molar-refractivity contribution is 5.56. The summed E-state index contributed by atoms with van der Waals surface area (Å²) < 4.78 is 9.81. The highest BCUT2D eigenvalue weighted by atomic mass is 16.5. The summed E-state index contributed by atoms with van der Waals surface area (Å²) in [4.78, 5) is 0. The van der Waals surface area contributed by atoms with Crippen LogP contribution in [0, 0.1) is 0 Å². The van der Waals surface area contributed by atoms with E-state index < -0.39 is 0 Å². The Bertz CT molecular complexity index is 406. The molecule has 0 saturated carbocycles. The first-order valence-electron chi connectivity index (χ1n) is 3.61. The third-order valence-electron chi connectivity index (χ3n) is 1.56. The summed E-state index contributed by atoms with van der Waals surface area (Å²) >= 11 is 0. The summed E-state index contributed by atoms with van der Waals surface area (Å²) in [5.74, 6) is 1.37. The fourth-order valence-corrected chi connectivity index (χ4v) is 0.946. The molecule has 6 heteroatoms. The molecular weight excluding hydrogens is 172 g/mol. The fraction of sp³-hybridized carbons (Fsp3) is 0.143. The zero-order valence-electron chi connectivity index (χ0n) is 6.94. The lowest BCUT2D eigenvalue weighted by Crippen LogP contribution is -1.81. The molecule has 2 aromatic rings. The predicted molar refractivity (Wildman–Crippen MR) is 45.0 cm³/mol. The molecule has 2 heterocycles. The third-order valence-corrected chi connectivity index (χ3v) is 1.56. The molecule has 2 rings (SSSR count). The molecule has 6 nitrogen and oxygen atoms in total. The van der Waals surface area contributed by atoms with Crippen molar-refractivity contribution in [3.63, 3.8) is 0 Å². The van der Waals surface area contributed by atoms with Crippen LogP contribution in [-0.2, 0) is 0 Å². The van der Waals surface area contributed by atoms with Crippen LogP contribution in [0.1, 0.15) is 0 Å². The van der Waals surface area contributed by atoms with Gasteiger partial charge >= 0.3 is 0 Å². The van der Waals surface area contributed by atoms with Crippen molar-refractivity contribution < 1.29 is 9.26 Å². The molecular formula is C7H8N4O2.